The molecule has 0 unspecified atom stereocenters. The summed E-state index contributed by atoms with van der Waals surface area (Å²) in [6.07, 6.45) is 10.9. The molecule has 0 amide bonds. The summed E-state index contributed by atoms with van der Waals surface area (Å²) < 4.78 is 0. The predicted octanol–water partition coefficient (Wildman–Crippen LogP) is 0.730. The molecule has 2 aliphatic rings. The summed E-state index contributed by atoms with van der Waals surface area (Å²) in [4.78, 5) is 17.1. The van der Waals surface area contributed by atoms with E-state index in [2.05, 4.69) is 20.0 Å². The molecule has 2 aromatic rings. The van der Waals surface area contributed by atoms with Crippen molar-refractivity contribution in [2.75, 3.05) is 0 Å². The quantitative estimate of drug-likeness (QED) is 0.638. The minimum absolute atomic E-state index is 0.925. The van der Waals surface area contributed by atoms with Crippen LogP contribution >= 0.6 is 0 Å². The van der Waals surface area contributed by atoms with Crippen molar-refractivity contribution in [3.63, 3.8) is 0 Å². The molecule has 0 bridgehead atoms. The normalized spacial score (nSPS) is 14.8. The predicted molar refractivity (Wildman–Crippen MR) is 62.0 cm³/mol. The van der Waals surface area contributed by atoms with Crippen molar-refractivity contribution in [3.05, 3.63) is 34.9 Å². The zero-order valence-corrected chi connectivity index (χ0v) is 8.25. The van der Waals surface area contributed by atoms with Gasteiger partial charge in [0.05, 0.1) is 16.6 Å². The van der Waals surface area contributed by atoms with Crippen molar-refractivity contribution in [2.45, 2.75) is 0 Å². The monoisotopic (exact) mass is 206 g/mol. The fourth-order valence-electron chi connectivity index (χ4n) is 2.20. The van der Waals surface area contributed by atoms with Gasteiger partial charge in [-0.2, -0.15) is 0 Å². The van der Waals surface area contributed by atoms with Gasteiger partial charge in [0.2, 0.25) is 0 Å². The van der Waals surface area contributed by atoms with E-state index in [0.717, 1.165) is 32.7 Å². The van der Waals surface area contributed by atoms with E-state index in [4.69, 9.17) is 0 Å². The van der Waals surface area contributed by atoms with Gasteiger partial charge in [0, 0.05) is 34.8 Å². The maximum Gasteiger partial charge on any atom is 0.116 e. The second kappa shape index (κ2) is 2.61. The molecule has 0 saturated heterocycles. The van der Waals surface area contributed by atoms with E-state index in [1.54, 1.807) is 18.7 Å². The van der Waals surface area contributed by atoms with Crippen LogP contribution in [0.25, 0.3) is 23.1 Å². The third-order valence-corrected chi connectivity index (χ3v) is 2.88. The summed E-state index contributed by atoms with van der Waals surface area (Å²) >= 11 is 0. The second-order valence-electron chi connectivity index (χ2n) is 3.70. The average molecular weight is 206 g/mol. The maximum absolute atomic E-state index is 4.37. The molecule has 2 aliphatic heterocycles. The Labute approximate surface area is 90.4 Å². The molecular weight excluding hydrogens is 200 g/mol. The van der Waals surface area contributed by atoms with E-state index in [0.29, 0.717) is 0 Å². The van der Waals surface area contributed by atoms with Gasteiger partial charge in [0.15, 0.2) is 0 Å². The van der Waals surface area contributed by atoms with E-state index in [1.165, 1.54) is 0 Å². The highest BCUT2D eigenvalue weighted by Crippen LogP contribution is 2.23. The molecule has 1 aromatic heterocycles. The SMILES string of the molecule is C1=Cc2c(c3c(c4cncnc24)N=CC=3)=N1. The molecule has 74 valence electrons. The Kier molecular flexibility index (Phi) is 1.28. The van der Waals surface area contributed by atoms with Gasteiger partial charge in [-0.1, -0.05) is 0 Å². The van der Waals surface area contributed by atoms with Crippen molar-refractivity contribution in [3.8, 4) is 0 Å². The van der Waals surface area contributed by atoms with Gasteiger partial charge in [0.25, 0.3) is 0 Å². The third kappa shape index (κ3) is 0.798. The van der Waals surface area contributed by atoms with Crippen molar-refractivity contribution < 1.29 is 0 Å². The standard InChI is InChI=1S/C12H6N4/c1-4-15-11-7(1)10-8(2-3-14-10)12-9(11)5-13-6-16-12/h1-6H. The molecule has 0 spiro atoms. The van der Waals surface area contributed by atoms with Gasteiger partial charge in [-0.15, -0.1) is 0 Å². The van der Waals surface area contributed by atoms with Crippen LogP contribution in [0.2, 0.25) is 0 Å². The molecule has 0 atom stereocenters. The van der Waals surface area contributed by atoms with Crippen LogP contribution in [0.15, 0.2) is 28.7 Å². The van der Waals surface area contributed by atoms with E-state index in [9.17, 15) is 0 Å². The minimum atomic E-state index is 0.925. The number of nitrogens with zero attached hydrogens (tertiary/aromatic N) is 4. The summed E-state index contributed by atoms with van der Waals surface area (Å²) in [5.41, 5.74) is 2.92. The highest BCUT2D eigenvalue weighted by atomic mass is 14.8. The van der Waals surface area contributed by atoms with Crippen LogP contribution in [-0.4, -0.2) is 16.2 Å². The maximum atomic E-state index is 4.37. The van der Waals surface area contributed by atoms with E-state index in [1.807, 2.05) is 18.3 Å². The molecule has 4 rings (SSSR count). The number of fused-ring (bicyclic) bond motifs is 6. The van der Waals surface area contributed by atoms with Gasteiger partial charge < -0.3 is 0 Å². The molecule has 0 aliphatic carbocycles. The smallest absolute Gasteiger partial charge is 0.116 e. The fraction of sp³-hybridized carbons (Fsp3) is 0. The Balaban J connectivity index is 2.43. The zero-order valence-electron chi connectivity index (χ0n) is 8.25. The lowest BCUT2D eigenvalue weighted by Gasteiger charge is -2.02. The van der Waals surface area contributed by atoms with Crippen molar-refractivity contribution in [1.29, 1.82) is 0 Å². The Morgan fingerprint density at radius 2 is 2.19 bits per heavy atom. The first-order valence-corrected chi connectivity index (χ1v) is 4.99. The first-order valence-electron chi connectivity index (χ1n) is 4.99. The Morgan fingerprint density at radius 3 is 3.19 bits per heavy atom. The molecule has 3 heterocycles. The number of hydrogen-bond donors (Lipinski definition) is 0. The number of benzene rings is 1. The summed E-state index contributed by atoms with van der Waals surface area (Å²) in [6, 6.07) is 0. The highest BCUT2D eigenvalue weighted by molar-refractivity contribution is 6.05. The number of hydrogen-bond acceptors (Lipinski definition) is 4. The Hall–Kier alpha value is -2.36. The number of aliphatic imine (C=N–C) groups is 1. The van der Waals surface area contributed by atoms with Crippen LogP contribution in [0.4, 0.5) is 5.69 Å². The van der Waals surface area contributed by atoms with Gasteiger partial charge in [0.1, 0.15) is 6.33 Å². The molecule has 0 radical (unpaired) electrons. The molecule has 0 saturated carbocycles. The molecule has 1 aromatic carbocycles. The van der Waals surface area contributed by atoms with E-state index >= 15 is 0 Å². The van der Waals surface area contributed by atoms with Crippen LogP contribution in [0.1, 0.15) is 5.56 Å². The second-order valence-corrected chi connectivity index (χ2v) is 3.70. The summed E-state index contributed by atoms with van der Waals surface area (Å²) in [5.74, 6) is 0. The van der Waals surface area contributed by atoms with Crippen molar-refractivity contribution >= 4 is 35.0 Å². The number of rotatable bonds is 0. The van der Waals surface area contributed by atoms with Gasteiger partial charge in [-0.05, 0) is 12.2 Å². The minimum Gasteiger partial charge on any atom is -0.255 e. The highest BCUT2D eigenvalue weighted by Gasteiger charge is 2.14. The van der Waals surface area contributed by atoms with Crippen LogP contribution in [0, 0.1) is 0 Å². The van der Waals surface area contributed by atoms with Crippen LogP contribution in [0.3, 0.4) is 0 Å². The molecule has 4 nitrogen and oxygen atoms in total. The van der Waals surface area contributed by atoms with E-state index < -0.39 is 0 Å². The van der Waals surface area contributed by atoms with Gasteiger partial charge in [-0.25, -0.2) is 9.97 Å². The molecule has 4 heteroatoms. The largest absolute Gasteiger partial charge is 0.255 e. The molecular formula is C12H6N4. The van der Waals surface area contributed by atoms with Crippen LogP contribution in [0.5, 0.6) is 0 Å². The summed E-state index contributed by atoms with van der Waals surface area (Å²) in [6.45, 7) is 0. The van der Waals surface area contributed by atoms with Gasteiger partial charge in [-0.3, -0.25) is 9.98 Å². The lowest BCUT2D eigenvalue weighted by Crippen LogP contribution is -2.26. The zero-order chi connectivity index (χ0) is 10.5. The summed E-state index contributed by atoms with van der Waals surface area (Å²) in [7, 11) is 0. The van der Waals surface area contributed by atoms with Crippen molar-refractivity contribution in [2.24, 2.45) is 9.98 Å². The van der Waals surface area contributed by atoms with Crippen LogP contribution in [-0.2, 0) is 0 Å². The topological polar surface area (TPSA) is 50.5 Å². The first-order chi connectivity index (χ1) is 7.95. The lowest BCUT2D eigenvalue weighted by molar-refractivity contribution is 1.21. The van der Waals surface area contributed by atoms with E-state index in [-0.39, 0.29) is 0 Å². The first kappa shape index (κ1) is 7.87. The average Bonchev–Trinajstić information content (AvgIpc) is 2.98. The fourth-order valence-corrected chi connectivity index (χ4v) is 2.20. The summed E-state index contributed by atoms with van der Waals surface area (Å²) in [5, 5.41) is 3.03. The Bertz CT molecular complexity index is 731. The van der Waals surface area contributed by atoms with Crippen molar-refractivity contribution in [1.82, 2.24) is 9.97 Å². The molecule has 0 fully saturated rings. The van der Waals surface area contributed by atoms with Crippen LogP contribution < -0.4 is 10.6 Å². The lowest BCUT2D eigenvalue weighted by atomic mass is 10.1. The third-order valence-electron chi connectivity index (χ3n) is 2.88. The molecule has 0 N–H and O–H groups in total. The number of aromatic nitrogens is 2. The van der Waals surface area contributed by atoms with Gasteiger partial charge >= 0.3 is 0 Å². The Morgan fingerprint density at radius 1 is 1.19 bits per heavy atom. The molecule has 16 heavy (non-hydrogen) atoms.